The number of fused-ring (bicyclic) bond motifs is 1. The summed E-state index contributed by atoms with van der Waals surface area (Å²) in [6.07, 6.45) is 5.53. The SMILES string of the molecule is Cc1cc(Br)cc(NCc2cnc3cnc(Br)cn23)c1. The molecular formula is C14H12Br2N4. The minimum atomic E-state index is 0.702. The van der Waals surface area contributed by atoms with Crippen LogP contribution >= 0.6 is 31.9 Å². The zero-order valence-electron chi connectivity index (χ0n) is 10.8. The molecule has 0 atom stereocenters. The quantitative estimate of drug-likeness (QED) is 0.723. The molecule has 3 rings (SSSR count). The molecule has 102 valence electrons. The van der Waals surface area contributed by atoms with Crippen molar-refractivity contribution in [2.45, 2.75) is 13.5 Å². The van der Waals surface area contributed by atoms with E-state index in [2.05, 4.69) is 72.3 Å². The molecule has 0 aliphatic heterocycles. The van der Waals surface area contributed by atoms with Crippen molar-refractivity contribution in [2.75, 3.05) is 5.32 Å². The highest BCUT2D eigenvalue weighted by Crippen LogP contribution is 2.20. The van der Waals surface area contributed by atoms with Crippen LogP contribution in [0, 0.1) is 6.92 Å². The molecule has 0 aliphatic rings. The molecule has 0 saturated heterocycles. The van der Waals surface area contributed by atoms with Gasteiger partial charge in [0, 0.05) is 16.4 Å². The minimum Gasteiger partial charge on any atom is -0.379 e. The number of benzene rings is 1. The summed E-state index contributed by atoms with van der Waals surface area (Å²) in [5.74, 6) is 0. The summed E-state index contributed by atoms with van der Waals surface area (Å²) in [6, 6.07) is 6.27. The molecule has 0 aliphatic carbocycles. The zero-order chi connectivity index (χ0) is 14.1. The first-order chi connectivity index (χ1) is 9.61. The lowest BCUT2D eigenvalue weighted by molar-refractivity contribution is 0.983. The molecular weight excluding hydrogens is 384 g/mol. The second-order valence-electron chi connectivity index (χ2n) is 4.56. The maximum atomic E-state index is 4.34. The minimum absolute atomic E-state index is 0.702. The third kappa shape index (κ3) is 2.86. The molecule has 3 aromatic rings. The molecule has 2 aromatic heterocycles. The van der Waals surface area contributed by atoms with Crippen molar-refractivity contribution >= 4 is 43.2 Å². The largest absolute Gasteiger partial charge is 0.379 e. The second-order valence-corrected chi connectivity index (χ2v) is 6.29. The van der Waals surface area contributed by atoms with Crippen molar-refractivity contribution in [3.8, 4) is 0 Å². The predicted octanol–water partition coefficient (Wildman–Crippen LogP) is 4.17. The second kappa shape index (κ2) is 5.54. The van der Waals surface area contributed by atoms with E-state index < -0.39 is 0 Å². The van der Waals surface area contributed by atoms with Crippen LogP contribution in [0.3, 0.4) is 0 Å². The normalized spacial score (nSPS) is 10.9. The predicted molar refractivity (Wildman–Crippen MR) is 86.9 cm³/mol. The lowest BCUT2D eigenvalue weighted by atomic mass is 10.2. The number of halogens is 2. The standard InChI is InChI=1S/C14H12Br2N4/c1-9-2-10(15)4-11(3-9)17-5-12-6-19-14-7-18-13(16)8-20(12)14/h2-4,6-8,17H,5H2,1H3. The van der Waals surface area contributed by atoms with E-state index >= 15 is 0 Å². The molecule has 0 bridgehead atoms. The molecule has 4 nitrogen and oxygen atoms in total. The highest BCUT2D eigenvalue weighted by molar-refractivity contribution is 9.10. The number of nitrogens with zero attached hydrogens (tertiary/aromatic N) is 3. The third-order valence-electron chi connectivity index (χ3n) is 2.96. The fraction of sp³-hybridized carbons (Fsp3) is 0.143. The van der Waals surface area contributed by atoms with E-state index in [1.54, 1.807) is 6.20 Å². The summed E-state index contributed by atoms with van der Waals surface area (Å²) < 4.78 is 3.89. The average molecular weight is 396 g/mol. The summed E-state index contributed by atoms with van der Waals surface area (Å²) in [4.78, 5) is 8.51. The van der Waals surface area contributed by atoms with Crippen molar-refractivity contribution in [1.29, 1.82) is 0 Å². The van der Waals surface area contributed by atoms with E-state index in [0.29, 0.717) is 6.54 Å². The van der Waals surface area contributed by atoms with Crippen LogP contribution in [-0.2, 0) is 6.54 Å². The lowest BCUT2D eigenvalue weighted by Crippen LogP contribution is -2.03. The van der Waals surface area contributed by atoms with Gasteiger partial charge in [-0.1, -0.05) is 15.9 Å². The maximum absolute atomic E-state index is 4.34. The molecule has 0 radical (unpaired) electrons. The van der Waals surface area contributed by atoms with Gasteiger partial charge in [0.2, 0.25) is 0 Å². The van der Waals surface area contributed by atoms with Crippen molar-refractivity contribution in [3.63, 3.8) is 0 Å². The van der Waals surface area contributed by atoms with Gasteiger partial charge in [-0.05, 0) is 46.6 Å². The van der Waals surface area contributed by atoms with Gasteiger partial charge in [-0.2, -0.15) is 0 Å². The van der Waals surface area contributed by atoms with Crippen molar-refractivity contribution in [3.05, 3.63) is 57.1 Å². The van der Waals surface area contributed by atoms with Gasteiger partial charge in [0.15, 0.2) is 5.65 Å². The van der Waals surface area contributed by atoms with Crippen LogP contribution in [0.4, 0.5) is 5.69 Å². The Morgan fingerprint density at radius 1 is 1.15 bits per heavy atom. The van der Waals surface area contributed by atoms with Gasteiger partial charge in [0.05, 0.1) is 24.6 Å². The number of aromatic nitrogens is 3. The van der Waals surface area contributed by atoms with Gasteiger partial charge in [-0.15, -0.1) is 0 Å². The van der Waals surface area contributed by atoms with Crippen LogP contribution in [0.15, 0.2) is 45.9 Å². The maximum Gasteiger partial charge on any atom is 0.155 e. The first-order valence-electron chi connectivity index (χ1n) is 6.10. The van der Waals surface area contributed by atoms with Crippen LogP contribution in [-0.4, -0.2) is 14.4 Å². The third-order valence-corrected chi connectivity index (χ3v) is 3.82. The van der Waals surface area contributed by atoms with E-state index in [-0.39, 0.29) is 0 Å². The number of nitrogens with one attached hydrogen (secondary N) is 1. The van der Waals surface area contributed by atoms with E-state index in [9.17, 15) is 0 Å². The van der Waals surface area contributed by atoms with Gasteiger partial charge >= 0.3 is 0 Å². The molecule has 0 spiro atoms. The number of imidazole rings is 1. The van der Waals surface area contributed by atoms with Crippen LogP contribution in [0.25, 0.3) is 5.65 Å². The summed E-state index contributed by atoms with van der Waals surface area (Å²) in [7, 11) is 0. The number of hydrogen-bond donors (Lipinski definition) is 1. The fourth-order valence-electron chi connectivity index (χ4n) is 2.08. The molecule has 0 fully saturated rings. The monoisotopic (exact) mass is 394 g/mol. The smallest absolute Gasteiger partial charge is 0.155 e. The molecule has 6 heteroatoms. The van der Waals surface area contributed by atoms with Gasteiger partial charge in [0.25, 0.3) is 0 Å². The Kier molecular flexibility index (Phi) is 3.76. The van der Waals surface area contributed by atoms with Gasteiger partial charge in [-0.3, -0.25) is 4.40 Å². The number of hydrogen-bond acceptors (Lipinski definition) is 3. The molecule has 1 N–H and O–H groups in total. The highest BCUT2D eigenvalue weighted by Gasteiger charge is 2.04. The Hall–Kier alpha value is -1.40. The first-order valence-corrected chi connectivity index (χ1v) is 7.69. The Morgan fingerprint density at radius 3 is 2.80 bits per heavy atom. The Morgan fingerprint density at radius 2 is 2.00 bits per heavy atom. The zero-order valence-corrected chi connectivity index (χ0v) is 13.9. The van der Waals surface area contributed by atoms with E-state index in [1.165, 1.54) is 5.56 Å². The average Bonchev–Trinajstić information content (AvgIpc) is 2.77. The van der Waals surface area contributed by atoms with Crippen LogP contribution in [0.1, 0.15) is 11.3 Å². The Bertz CT molecular complexity index is 747. The van der Waals surface area contributed by atoms with Crippen LogP contribution < -0.4 is 5.32 Å². The Balaban J connectivity index is 1.84. The fourth-order valence-corrected chi connectivity index (χ4v) is 2.99. The number of aryl methyl sites for hydroxylation is 1. The number of anilines is 1. The summed E-state index contributed by atoms with van der Waals surface area (Å²) in [5, 5.41) is 3.41. The van der Waals surface area contributed by atoms with Crippen LogP contribution in [0.2, 0.25) is 0 Å². The van der Waals surface area contributed by atoms with Gasteiger partial charge < -0.3 is 5.32 Å². The molecule has 20 heavy (non-hydrogen) atoms. The van der Waals surface area contributed by atoms with Crippen molar-refractivity contribution in [1.82, 2.24) is 14.4 Å². The summed E-state index contributed by atoms with van der Waals surface area (Å²) in [5.41, 5.74) is 4.23. The number of rotatable bonds is 3. The van der Waals surface area contributed by atoms with Crippen molar-refractivity contribution in [2.24, 2.45) is 0 Å². The summed E-state index contributed by atoms with van der Waals surface area (Å²) in [6.45, 7) is 2.78. The van der Waals surface area contributed by atoms with E-state index in [1.807, 2.05) is 16.8 Å². The van der Waals surface area contributed by atoms with Crippen LogP contribution in [0.5, 0.6) is 0 Å². The van der Waals surface area contributed by atoms with Gasteiger partial charge in [0.1, 0.15) is 4.60 Å². The Labute approximate surface area is 133 Å². The molecule has 0 unspecified atom stereocenters. The van der Waals surface area contributed by atoms with E-state index in [0.717, 1.165) is 26.1 Å². The van der Waals surface area contributed by atoms with E-state index in [4.69, 9.17) is 0 Å². The van der Waals surface area contributed by atoms with Gasteiger partial charge in [-0.25, -0.2) is 9.97 Å². The lowest BCUT2D eigenvalue weighted by Gasteiger charge is -2.08. The molecule has 0 saturated carbocycles. The molecule has 0 amide bonds. The first kappa shape index (κ1) is 13.6. The topological polar surface area (TPSA) is 42.2 Å². The van der Waals surface area contributed by atoms with Crippen molar-refractivity contribution < 1.29 is 0 Å². The molecule has 1 aromatic carbocycles. The summed E-state index contributed by atoms with van der Waals surface area (Å²) >= 11 is 6.89. The molecule has 2 heterocycles. The highest BCUT2D eigenvalue weighted by atomic mass is 79.9.